The lowest BCUT2D eigenvalue weighted by Crippen LogP contribution is -2.58. The largest absolute Gasteiger partial charge is 0.382 e. The van der Waals surface area contributed by atoms with E-state index in [0.29, 0.717) is 23.2 Å². The summed E-state index contributed by atoms with van der Waals surface area (Å²) in [5.41, 5.74) is 2.08. The summed E-state index contributed by atoms with van der Waals surface area (Å²) in [6.45, 7) is 2.00. The molecule has 12 nitrogen and oxygen atoms in total. The monoisotopic (exact) mass is 557 g/mol. The topological polar surface area (TPSA) is 152 Å². The van der Waals surface area contributed by atoms with Gasteiger partial charge in [-0.15, -0.1) is 0 Å². The van der Waals surface area contributed by atoms with Gasteiger partial charge in [0.05, 0.1) is 25.7 Å². The zero-order valence-electron chi connectivity index (χ0n) is 22.1. The van der Waals surface area contributed by atoms with Gasteiger partial charge in [-0.25, -0.2) is 23.2 Å². The highest BCUT2D eigenvalue weighted by atomic mass is 19.3. The minimum absolute atomic E-state index is 0.0351. The first-order valence-corrected chi connectivity index (χ1v) is 12.5. The van der Waals surface area contributed by atoms with Crippen LogP contribution in [0, 0.1) is 6.92 Å². The summed E-state index contributed by atoms with van der Waals surface area (Å²) in [6, 6.07) is 7.35. The molecule has 0 spiro atoms. The number of benzene rings is 1. The summed E-state index contributed by atoms with van der Waals surface area (Å²) in [5.74, 6) is -4.32. The van der Waals surface area contributed by atoms with Crippen molar-refractivity contribution < 1.29 is 32.5 Å². The van der Waals surface area contributed by atoms with Gasteiger partial charge in [0.2, 0.25) is 0 Å². The van der Waals surface area contributed by atoms with Crippen LogP contribution in [0.1, 0.15) is 51.9 Å². The number of carbonyl (C=O) groups excluding carboxylic acids is 3. The SMILES string of the molecule is CCc1nonc1C(=O)N[C@H](C(=O)Nc1cc([C@@H](COC)N2CC(F)(F)CNC2=O)ccn1)c1cccc(C)c1. The van der Waals surface area contributed by atoms with E-state index in [4.69, 9.17) is 4.74 Å². The van der Waals surface area contributed by atoms with E-state index in [0.717, 1.165) is 10.5 Å². The van der Waals surface area contributed by atoms with Crippen LogP contribution in [-0.2, 0) is 16.0 Å². The number of aromatic nitrogens is 3. The number of hydrogen-bond donors (Lipinski definition) is 3. The van der Waals surface area contributed by atoms with Crippen LogP contribution in [-0.4, -0.2) is 70.8 Å². The number of urea groups is 1. The number of halogens is 2. The molecular weight excluding hydrogens is 528 g/mol. The Hall–Kier alpha value is -4.46. The molecule has 212 valence electrons. The molecule has 1 aromatic carbocycles. The normalized spacial score (nSPS) is 16.1. The molecule has 0 bridgehead atoms. The zero-order valence-corrected chi connectivity index (χ0v) is 22.1. The van der Waals surface area contributed by atoms with Crippen molar-refractivity contribution in [3.05, 3.63) is 70.7 Å². The molecule has 1 saturated heterocycles. The molecule has 4 amide bonds. The number of pyridine rings is 1. The third-order valence-corrected chi connectivity index (χ3v) is 6.30. The molecular formula is C26H29F2N7O5. The quantitative estimate of drug-likeness (QED) is 0.344. The number of alkyl halides is 2. The van der Waals surface area contributed by atoms with Crippen molar-refractivity contribution in [2.75, 3.05) is 32.1 Å². The number of nitrogens with zero attached hydrogens (tertiary/aromatic N) is 4. The van der Waals surface area contributed by atoms with Crippen molar-refractivity contribution in [2.45, 2.75) is 38.3 Å². The van der Waals surface area contributed by atoms with Crippen molar-refractivity contribution in [1.82, 2.24) is 30.8 Å². The highest BCUT2D eigenvalue weighted by Gasteiger charge is 2.42. The van der Waals surface area contributed by atoms with Gasteiger partial charge >= 0.3 is 6.03 Å². The fourth-order valence-electron chi connectivity index (χ4n) is 4.34. The molecule has 0 saturated carbocycles. The summed E-state index contributed by atoms with van der Waals surface area (Å²) in [5, 5.41) is 14.9. The van der Waals surface area contributed by atoms with Crippen LogP contribution in [0.3, 0.4) is 0 Å². The Morgan fingerprint density at radius 2 is 2.02 bits per heavy atom. The van der Waals surface area contributed by atoms with Gasteiger partial charge in [0.15, 0.2) is 5.69 Å². The highest BCUT2D eigenvalue weighted by molar-refractivity contribution is 6.01. The Bertz CT molecular complexity index is 1380. The molecule has 3 heterocycles. The van der Waals surface area contributed by atoms with Crippen LogP contribution in [0.2, 0.25) is 0 Å². The first-order valence-electron chi connectivity index (χ1n) is 12.5. The van der Waals surface area contributed by atoms with Crippen molar-refractivity contribution >= 4 is 23.7 Å². The fourth-order valence-corrected chi connectivity index (χ4v) is 4.34. The summed E-state index contributed by atoms with van der Waals surface area (Å²) in [7, 11) is 1.39. The summed E-state index contributed by atoms with van der Waals surface area (Å²) in [6.07, 6.45) is 1.77. The second kappa shape index (κ2) is 12.2. The van der Waals surface area contributed by atoms with Gasteiger partial charge in [-0.05, 0) is 41.8 Å². The molecule has 3 aromatic rings. The number of rotatable bonds is 10. The average Bonchev–Trinajstić information content (AvgIpc) is 3.41. The summed E-state index contributed by atoms with van der Waals surface area (Å²) >= 11 is 0. The second-order valence-corrected chi connectivity index (χ2v) is 9.31. The van der Waals surface area contributed by atoms with E-state index < -0.39 is 48.9 Å². The minimum atomic E-state index is -3.12. The van der Waals surface area contributed by atoms with E-state index in [-0.39, 0.29) is 18.1 Å². The van der Waals surface area contributed by atoms with Gasteiger partial charge in [0.25, 0.3) is 17.7 Å². The van der Waals surface area contributed by atoms with E-state index in [1.165, 1.54) is 19.4 Å². The van der Waals surface area contributed by atoms with Crippen LogP contribution in [0.4, 0.5) is 19.4 Å². The molecule has 1 aliphatic rings. The van der Waals surface area contributed by atoms with Gasteiger partial charge < -0.3 is 25.6 Å². The van der Waals surface area contributed by atoms with Crippen molar-refractivity contribution in [3.8, 4) is 0 Å². The van der Waals surface area contributed by atoms with E-state index in [9.17, 15) is 23.2 Å². The van der Waals surface area contributed by atoms with E-state index >= 15 is 0 Å². The molecule has 0 radical (unpaired) electrons. The number of carbonyl (C=O) groups is 3. The smallest absolute Gasteiger partial charge is 0.318 e. The predicted octanol–water partition coefficient (Wildman–Crippen LogP) is 2.79. The second-order valence-electron chi connectivity index (χ2n) is 9.31. The maximum Gasteiger partial charge on any atom is 0.318 e. The van der Waals surface area contributed by atoms with Gasteiger partial charge in [0, 0.05) is 13.3 Å². The van der Waals surface area contributed by atoms with Crippen LogP contribution in [0.25, 0.3) is 0 Å². The van der Waals surface area contributed by atoms with Crippen LogP contribution < -0.4 is 16.0 Å². The molecule has 4 rings (SSSR count). The first kappa shape index (κ1) is 28.5. The standard InChI is InChI=1S/C26H29F2N7O5/c1-4-18-22(34-40-33-18)24(37)32-21(17-7-5-6-15(2)10-17)23(36)31-20-11-16(8-9-29-20)19(12-39-3)35-14-26(27,28)13-30-25(35)38/h5-11,19,21H,4,12-14H2,1-3H3,(H,30,38)(H,32,37)(H,29,31,36)/t19-,21+/m1/s1. The number of ether oxygens (including phenoxy) is 1. The lowest BCUT2D eigenvalue weighted by Gasteiger charge is -2.38. The number of anilines is 1. The van der Waals surface area contributed by atoms with Crippen LogP contribution >= 0.6 is 0 Å². The Morgan fingerprint density at radius 1 is 1.23 bits per heavy atom. The fraction of sp³-hybridized carbons (Fsp3) is 0.385. The third-order valence-electron chi connectivity index (χ3n) is 6.30. The maximum absolute atomic E-state index is 14.1. The Kier molecular flexibility index (Phi) is 8.67. The summed E-state index contributed by atoms with van der Waals surface area (Å²) < 4.78 is 38.1. The molecule has 1 fully saturated rings. The third kappa shape index (κ3) is 6.57. The predicted molar refractivity (Wildman–Crippen MR) is 138 cm³/mol. The van der Waals surface area contributed by atoms with Gasteiger partial charge in [0.1, 0.15) is 17.6 Å². The number of nitrogens with one attached hydrogen (secondary N) is 3. The number of amides is 4. The van der Waals surface area contributed by atoms with Crippen molar-refractivity contribution in [2.24, 2.45) is 0 Å². The lowest BCUT2D eigenvalue weighted by atomic mass is 10.0. The van der Waals surface area contributed by atoms with Crippen LogP contribution in [0.15, 0.2) is 47.2 Å². The number of hydrogen-bond acceptors (Lipinski definition) is 8. The van der Waals surface area contributed by atoms with Crippen molar-refractivity contribution in [1.29, 1.82) is 0 Å². The Balaban J connectivity index is 1.60. The molecule has 0 unspecified atom stereocenters. The van der Waals surface area contributed by atoms with E-state index in [2.05, 4.69) is 35.9 Å². The number of methoxy groups -OCH3 is 1. The number of aryl methyl sites for hydroxylation is 2. The molecule has 0 aliphatic carbocycles. The maximum atomic E-state index is 14.1. The molecule has 3 N–H and O–H groups in total. The highest BCUT2D eigenvalue weighted by Crippen LogP contribution is 2.29. The molecule has 1 aliphatic heterocycles. The van der Waals surface area contributed by atoms with Crippen molar-refractivity contribution in [3.63, 3.8) is 0 Å². The average molecular weight is 558 g/mol. The van der Waals surface area contributed by atoms with Gasteiger partial charge in [-0.3, -0.25) is 9.59 Å². The van der Waals surface area contributed by atoms with Gasteiger partial charge in [-0.1, -0.05) is 41.9 Å². The molecule has 14 heteroatoms. The van der Waals surface area contributed by atoms with Gasteiger partial charge in [-0.2, -0.15) is 0 Å². The minimum Gasteiger partial charge on any atom is -0.382 e. The Labute approximate surface area is 228 Å². The first-order chi connectivity index (χ1) is 19.1. The molecule has 40 heavy (non-hydrogen) atoms. The van der Waals surface area contributed by atoms with E-state index in [1.807, 2.05) is 13.0 Å². The van der Waals surface area contributed by atoms with Crippen LogP contribution in [0.5, 0.6) is 0 Å². The Morgan fingerprint density at radius 3 is 2.75 bits per heavy atom. The van der Waals surface area contributed by atoms with E-state index in [1.54, 1.807) is 31.2 Å². The molecule has 2 aromatic heterocycles. The molecule has 2 atom stereocenters. The summed E-state index contributed by atoms with van der Waals surface area (Å²) in [4.78, 5) is 44.1. The zero-order chi connectivity index (χ0) is 28.9. The lowest BCUT2D eigenvalue weighted by molar-refractivity contribution is -0.118.